The first-order chi connectivity index (χ1) is 15.7. The second-order valence-corrected chi connectivity index (χ2v) is 12.4. The van der Waals surface area contributed by atoms with Crippen molar-refractivity contribution in [3.63, 3.8) is 0 Å². The Morgan fingerprint density at radius 3 is 2.11 bits per heavy atom. The lowest BCUT2D eigenvalue weighted by atomic mass is 9.96. The number of nitrogens with one attached hydrogen (secondary N) is 2. The van der Waals surface area contributed by atoms with E-state index in [4.69, 9.17) is 14.3 Å². The zero-order chi connectivity index (χ0) is 27.3. The molecule has 35 heavy (non-hydrogen) atoms. The van der Waals surface area contributed by atoms with Crippen molar-refractivity contribution >= 4 is 21.8 Å². The molecule has 2 unspecified atom stereocenters. The van der Waals surface area contributed by atoms with Gasteiger partial charge in [-0.2, -0.15) is 13.2 Å². The van der Waals surface area contributed by atoms with Gasteiger partial charge >= 0.3 is 18.2 Å². The Labute approximate surface area is 203 Å². The number of esters is 1. The first-order valence-corrected chi connectivity index (χ1v) is 12.6. The molecular weight excluding hydrogens is 493 g/mol. The lowest BCUT2D eigenvalue weighted by Gasteiger charge is -2.30. The van der Waals surface area contributed by atoms with E-state index in [2.05, 4.69) is 15.3 Å². The minimum absolute atomic E-state index is 0.369. The highest BCUT2D eigenvalue weighted by molar-refractivity contribution is 7.92. The summed E-state index contributed by atoms with van der Waals surface area (Å²) in [4.78, 5) is 31.7. The fraction of sp³-hybridized carbons (Fsp3) is 0.714. The molecule has 14 heteroatoms. The summed E-state index contributed by atoms with van der Waals surface area (Å²) in [7, 11) is -3.73. The fourth-order valence-electron chi connectivity index (χ4n) is 2.72. The molecule has 1 heterocycles. The highest BCUT2D eigenvalue weighted by Crippen LogP contribution is 2.40. The molecule has 10 nitrogen and oxygen atoms in total. The average molecular weight is 527 g/mol. The first-order valence-electron chi connectivity index (χ1n) is 10.7. The molecule has 0 aliphatic heterocycles. The minimum Gasteiger partial charge on any atom is -0.458 e. The van der Waals surface area contributed by atoms with E-state index in [-0.39, 0.29) is 6.42 Å². The Morgan fingerprint density at radius 2 is 1.66 bits per heavy atom. The number of hydrogen-bond donors (Lipinski definition) is 3. The van der Waals surface area contributed by atoms with Crippen LogP contribution in [0.4, 0.5) is 18.0 Å². The number of aliphatic hydroxyl groups is 1. The molecule has 0 aliphatic rings. The molecule has 3 atom stereocenters. The SMILES string of the molecule is CC(C)(C)OC(=O)N[C@@H](CCS(=N)(=O)CCC(O)(c1cnccn1)C(F)(F)F)C(=O)OC(C)(C)C. The Balaban J connectivity index is 3.00. The van der Waals surface area contributed by atoms with Gasteiger partial charge in [0.2, 0.25) is 5.60 Å². The van der Waals surface area contributed by atoms with Crippen molar-refractivity contribution in [1.82, 2.24) is 15.3 Å². The molecule has 1 amide bonds. The normalized spacial score (nSPS) is 17.0. The van der Waals surface area contributed by atoms with Gasteiger partial charge in [0.15, 0.2) is 0 Å². The molecule has 0 aromatic carbocycles. The standard InChI is InChI=1S/C21H33F3N4O6S/c1-18(2,3)33-16(29)14(28-17(30)34-19(4,5)6)7-11-35(25,32)12-8-20(31,21(22,23)24)15-13-26-9-10-27-15/h9-10,13-14,25,31H,7-8,11-12H2,1-6H3,(H,28,30)/t14-,20?,35?/m0/s1. The fourth-order valence-corrected chi connectivity index (χ4v) is 4.17. The number of amides is 1. The van der Waals surface area contributed by atoms with Crippen LogP contribution in [-0.4, -0.2) is 66.3 Å². The van der Waals surface area contributed by atoms with Crippen LogP contribution in [0.25, 0.3) is 0 Å². The lowest BCUT2D eigenvalue weighted by Crippen LogP contribution is -2.47. The number of halogens is 3. The molecule has 0 saturated heterocycles. The predicted molar refractivity (Wildman–Crippen MR) is 121 cm³/mol. The third-order valence-electron chi connectivity index (χ3n) is 4.37. The molecule has 0 aliphatic carbocycles. The number of ether oxygens (including phenoxy) is 2. The summed E-state index contributed by atoms with van der Waals surface area (Å²) in [5.74, 6) is -2.29. The number of nitrogens with zero attached hydrogens (tertiary/aromatic N) is 2. The lowest BCUT2D eigenvalue weighted by molar-refractivity contribution is -0.269. The molecule has 1 rings (SSSR count). The number of rotatable bonds is 9. The molecule has 0 fully saturated rings. The molecule has 0 radical (unpaired) electrons. The highest BCUT2D eigenvalue weighted by atomic mass is 32.2. The van der Waals surface area contributed by atoms with Gasteiger partial charge in [0.25, 0.3) is 0 Å². The Bertz CT molecular complexity index is 976. The van der Waals surface area contributed by atoms with Crippen LogP contribution in [-0.2, 0) is 29.6 Å². The summed E-state index contributed by atoms with van der Waals surface area (Å²) in [6.45, 7) is 9.58. The van der Waals surface area contributed by atoms with E-state index in [1.54, 1.807) is 41.5 Å². The van der Waals surface area contributed by atoms with Crippen molar-refractivity contribution in [3.8, 4) is 0 Å². The number of hydrogen-bond acceptors (Lipinski definition) is 9. The van der Waals surface area contributed by atoms with Crippen LogP contribution >= 0.6 is 0 Å². The molecule has 0 bridgehead atoms. The van der Waals surface area contributed by atoms with E-state index in [9.17, 15) is 32.1 Å². The Hall–Kier alpha value is -2.48. The van der Waals surface area contributed by atoms with Crippen molar-refractivity contribution in [2.75, 3.05) is 11.5 Å². The van der Waals surface area contributed by atoms with Crippen molar-refractivity contribution in [2.24, 2.45) is 0 Å². The van der Waals surface area contributed by atoms with E-state index in [1.807, 2.05) is 0 Å². The quantitative estimate of drug-likeness (QED) is 0.415. The topological polar surface area (TPSA) is 152 Å². The van der Waals surface area contributed by atoms with Gasteiger partial charge in [0, 0.05) is 40.0 Å². The van der Waals surface area contributed by atoms with Crippen LogP contribution in [0, 0.1) is 4.78 Å². The summed E-state index contributed by atoms with van der Waals surface area (Å²) in [6, 6.07) is -1.36. The van der Waals surface area contributed by atoms with Crippen LogP contribution in [0.1, 0.15) is 60.1 Å². The van der Waals surface area contributed by atoms with Crippen LogP contribution in [0.2, 0.25) is 0 Å². The Kier molecular flexibility index (Phi) is 9.66. The van der Waals surface area contributed by atoms with Gasteiger partial charge in [-0.05, 0) is 48.0 Å². The Morgan fingerprint density at radius 1 is 1.09 bits per heavy atom. The van der Waals surface area contributed by atoms with Crippen molar-refractivity contribution < 1.29 is 41.5 Å². The zero-order valence-corrected chi connectivity index (χ0v) is 21.4. The van der Waals surface area contributed by atoms with Crippen LogP contribution in [0.15, 0.2) is 18.6 Å². The van der Waals surface area contributed by atoms with E-state index in [0.29, 0.717) is 0 Å². The van der Waals surface area contributed by atoms with E-state index in [0.717, 1.165) is 18.6 Å². The second kappa shape index (κ2) is 11.1. The maximum Gasteiger partial charge on any atom is 0.423 e. The molecule has 1 aromatic heterocycles. The number of aromatic nitrogens is 2. The van der Waals surface area contributed by atoms with Crippen LogP contribution in [0.3, 0.4) is 0 Å². The second-order valence-electron chi connectivity index (χ2n) is 9.94. The van der Waals surface area contributed by atoms with Crippen molar-refractivity contribution in [1.29, 1.82) is 4.78 Å². The summed E-state index contributed by atoms with van der Waals surface area (Å²) in [6.07, 6.45) is -4.78. The molecule has 0 saturated carbocycles. The van der Waals surface area contributed by atoms with E-state index < -0.39 is 74.4 Å². The van der Waals surface area contributed by atoms with Gasteiger partial charge in [-0.3, -0.25) is 14.7 Å². The van der Waals surface area contributed by atoms with Crippen LogP contribution < -0.4 is 5.32 Å². The number of carbonyl (C=O) groups excluding carboxylic acids is 2. The van der Waals surface area contributed by atoms with Gasteiger partial charge in [0.05, 0.1) is 11.9 Å². The van der Waals surface area contributed by atoms with Crippen molar-refractivity contribution in [3.05, 3.63) is 24.3 Å². The number of alkyl halides is 3. The molecule has 0 spiro atoms. The summed E-state index contributed by atoms with van der Waals surface area (Å²) >= 11 is 0. The summed E-state index contributed by atoms with van der Waals surface area (Å²) in [5.41, 5.74) is -6.06. The third-order valence-corrected chi connectivity index (χ3v) is 6.13. The van der Waals surface area contributed by atoms with E-state index >= 15 is 0 Å². The first kappa shape index (κ1) is 30.6. The highest BCUT2D eigenvalue weighted by Gasteiger charge is 2.56. The zero-order valence-electron chi connectivity index (χ0n) is 20.6. The predicted octanol–water partition coefficient (Wildman–Crippen LogP) is 3.29. The molecule has 200 valence electrons. The van der Waals surface area contributed by atoms with Gasteiger partial charge in [-0.15, -0.1) is 0 Å². The third kappa shape index (κ3) is 10.3. The maximum absolute atomic E-state index is 13.6. The smallest absolute Gasteiger partial charge is 0.423 e. The van der Waals surface area contributed by atoms with Gasteiger partial charge in [0.1, 0.15) is 17.2 Å². The molecule has 3 N–H and O–H groups in total. The van der Waals surface area contributed by atoms with Crippen LogP contribution in [0.5, 0.6) is 0 Å². The monoisotopic (exact) mass is 526 g/mol. The largest absolute Gasteiger partial charge is 0.458 e. The number of carbonyl (C=O) groups is 2. The van der Waals surface area contributed by atoms with Gasteiger partial charge in [-0.1, -0.05) is 0 Å². The van der Waals surface area contributed by atoms with Gasteiger partial charge < -0.3 is 19.9 Å². The molecule has 1 aromatic rings. The van der Waals surface area contributed by atoms with E-state index in [1.165, 1.54) is 0 Å². The van der Waals surface area contributed by atoms with Gasteiger partial charge in [-0.25, -0.2) is 13.8 Å². The average Bonchev–Trinajstić information content (AvgIpc) is 2.66. The van der Waals surface area contributed by atoms with Crippen molar-refractivity contribution in [2.45, 2.75) is 83.4 Å². The summed E-state index contributed by atoms with van der Waals surface area (Å²) < 4.78 is 72.0. The molecular formula is C21H33F3N4O6S. The minimum atomic E-state index is -5.17. The maximum atomic E-state index is 13.6. The summed E-state index contributed by atoms with van der Waals surface area (Å²) in [5, 5.41) is 12.6. The number of alkyl carbamates (subject to hydrolysis) is 1.